The van der Waals surface area contributed by atoms with Gasteiger partial charge in [-0.3, -0.25) is 9.59 Å². The van der Waals surface area contributed by atoms with Gasteiger partial charge in [-0.05, 0) is 73.5 Å². The second-order valence-corrected chi connectivity index (χ2v) is 9.96. The van der Waals surface area contributed by atoms with Gasteiger partial charge in [0.1, 0.15) is 5.75 Å². The molecule has 2 unspecified atom stereocenters. The first-order valence-corrected chi connectivity index (χ1v) is 13.1. The molecule has 0 saturated carbocycles. The molecule has 2 atom stereocenters. The fourth-order valence-electron chi connectivity index (χ4n) is 4.90. The average Bonchev–Trinajstić information content (AvgIpc) is 2.93. The van der Waals surface area contributed by atoms with Crippen LogP contribution in [0.1, 0.15) is 48.7 Å². The third-order valence-corrected chi connectivity index (χ3v) is 7.06. The molecule has 0 fully saturated rings. The number of nitrogens with zero attached hydrogens (tertiary/aromatic N) is 2. The molecule has 0 N–H and O–H groups in total. The Labute approximate surface area is 236 Å². The number of rotatable bonds is 8. The smallest absolute Gasteiger partial charge is 0.376 e. The van der Waals surface area contributed by atoms with E-state index in [1.807, 2.05) is 31.2 Å². The minimum atomic E-state index is -3.65. The van der Waals surface area contributed by atoms with E-state index in [1.165, 1.54) is 19.1 Å². The SMILES string of the molecule is COC(=O)C(F)(F)CCOc1ccc(C(=O)N2c3ccccc3C(N(C(C)=O)c3ccc(Cl)cc3)CC2C)cc1. The lowest BCUT2D eigenvalue weighted by Crippen LogP contribution is -2.47. The highest BCUT2D eigenvalue weighted by Gasteiger charge is 2.40. The Morgan fingerprint density at radius 1 is 1.02 bits per heavy atom. The second kappa shape index (κ2) is 12.0. The van der Waals surface area contributed by atoms with Gasteiger partial charge in [0.05, 0.1) is 26.2 Å². The number of benzene rings is 3. The molecular weight excluding hydrogens is 542 g/mol. The Hall–Kier alpha value is -3.98. The summed E-state index contributed by atoms with van der Waals surface area (Å²) in [6.07, 6.45) is -0.336. The van der Waals surface area contributed by atoms with Crippen molar-refractivity contribution in [3.8, 4) is 5.75 Å². The number of ether oxygens (including phenoxy) is 2. The molecular formula is C30H29ClF2N2O5. The number of hydrogen-bond acceptors (Lipinski definition) is 5. The van der Waals surface area contributed by atoms with Crippen LogP contribution in [0.25, 0.3) is 0 Å². The van der Waals surface area contributed by atoms with Crippen LogP contribution in [0.15, 0.2) is 72.8 Å². The maximum atomic E-state index is 13.7. The topological polar surface area (TPSA) is 76.2 Å². The third-order valence-electron chi connectivity index (χ3n) is 6.81. The van der Waals surface area contributed by atoms with E-state index in [1.54, 1.807) is 46.2 Å². The van der Waals surface area contributed by atoms with E-state index in [9.17, 15) is 23.2 Å². The van der Waals surface area contributed by atoms with E-state index >= 15 is 0 Å². The predicted molar refractivity (Wildman–Crippen MR) is 148 cm³/mol. The number of anilines is 2. The van der Waals surface area contributed by atoms with E-state index in [2.05, 4.69) is 4.74 Å². The zero-order chi connectivity index (χ0) is 29.0. The van der Waals surface area contributed by atoms with Crippen molar-refractivity contribution in [3.05, 3.63) is 88.9 Å². The zero-order valence-electron chi connectivity index (χ0n) is 22.3. The molecule has 0 aliphatic carbocycles. The molecule has 210 valence electrons. The molecule has 0 bridgehead atoms. The highest BCUT2D eigenvalue weighted by molar-refractivity contribution is 6.30. The largest absolute Gasteiger partial charge is 0.493 e. The fourth-order valence-corrected chi connectivity index (χ4v) is 5.03. The molecule has 4 rings (SSSR count). The maximum Gasteiger partial charge on any atom is 0.376 e. The van der Waals surface area contributed by atoms with Gasteiger partial charge in [0.15, 0.2) is 0 Å². The lowest BCUT2D eigenvalue weighted by molar-refractivity contribution is -0.170. The molecule has 10 heteroatoms. The molecule has 3 aromatic rings. The number of para-hydroxylation sites is 1. The van der Waals surface area contributed by atoms with Crippen molar-refractivity contribution >= 4 is 40.8 Å². The van der Waals surface area contributed by atoms with E-state index in [-0.39, 0.29) is 29.6 Å². The van der Waals surface area contributed by atoms with Crippen LogP contribution in [-0.4, -0.2) is 43.5 Å². The van der Waals surface area contributed by atoms with Crippen LogP contribution >= 0.6 is 11.6 Å². The Morgan fingerprint density at radius 2 is 1.68 bits per heavy atom. The number of alkyl halides is 2. The van der Waals surface area contributed by atoms with Crippen molar-refractivity contribution in [2.45, 2.75) is 44.7 Å². The number of carbonyl (C=O) groups is 3. The Bertz CT molecular complexity index is 1380. The highest BCUT2D eigenvalue weighted by atomic mass is 35.5. The summed E-state index contributed by atoms with van der Waals surface area (Å²) in [5, 5.41) is 0.567. The van der Waals surface area contributed by atoms with Gasteiger partial charge >= 0.3 is 11.9 Å². The lowest BCUT2D eigenvalue weighted by Gasteiger charge is -2.43. The first-order chi connectivity index (χ1) is 19.0. The second-order valence-electron chi connectivity index (χ2n) is 9.52. The first kappa shape index (κ1) is 29.0. The van der Waals surface area contributed by atoms with Crippen LogP contribution < -0.4 is 14.5 Å². The summed E-state index contributed by atoms with van der Waals surface area (Å²) in [6.45, 7) is 3.03. The van der Waals surface area contributed by atoms with E-state index in [4.69, 9.17) is 16.3 Å². The van der Waals surface area contributed by atoms with Crippen molar-refractivity contribution in [1.29, 1.82) is 0 Å². The minimum Gasteiger partial charge on any atom is -0.493 e. The third kappa shape index (κ3) is 6.09. The van der Waals surface area contributed by atoms with Gasteiger partial charge in [-0.1, -0.05) is 29.8 Å². The van der Waals surface area contributed by atoms with Crippen molar-refractivity contribution < 1.29 is 32.6 Å². The van der Waals surface area contributed by atoms with Crippen LogP contribution in [-0.2, 0) is 14.3 Å². The van der Waals surface area contributed by atoms with Crippen molar-refractivity contribution in [2.24, 2.45) is 0 Å². The summed E-state index contributed by atoms with van der Waals surface area (Å²) in [5.41, 5.74) is 2.63. The van der Waals surface area contributed by atoms with Gasteiger partial charge in [0.2, 0.25) is 5.91 Å². The Balaban J connectivity index is 1.55. The van der Waals surface area contributed by atoms with Crippen LogP contribution in [0, 0.1) is 0 Å². The molecule has 0 spiro atoms. The quantitative estimate of drug-likeness (QED) is 0.291. The summed E-state index contributed by atoms with van der Waals surface area (Å²) >= 11 is 6.07. The fraction of sp³-hybridized carbons (Fsp3) is 0.300. The molecule has 3 aromatic carbocycles. The van der Waals surface area contributed by atoms with Gasteiger partial charge in [0, 0.05) is 34.9 Å². The van der Waals surface area contributed by atoms with Crippen molar-refractivity contribution in [2.75, 3.05) is 23.5 Å². The highest BCUT2D eigenvalue weighted by Crippen LogP contribution is 2.43. The van der Waals surface area contributed by atoms with Crippen LogP contribution in [0.2, 0.25) is 5.02 Å². The summed E-state index contributed by atoms with van der Waals surface area (Å²) in [5.74, 6) is -5.36. The van der Waals surface area contributed by atoms with Gasteiger partial charge < -0.3 is 19.3 Å². The van der Waals surface area contributed by atoms with Gasteiger partial charge in [-0.25, -0.2) is 4.79 Å². The Morgan fingerprint density at radius 3 is 2.30 bits per heavy atom. The first-order valence-electron chi connectivity index (χ1n) is 12.7. The van der Waals surface area contributed by atoms with Crippen molar-refractivity contribution in [1.82, 2.24) is 0 Å². The standard InChI is InChI=1S/C30H29ClF2N2O5/c1-19-18-27(35(20(2)36)23-12-10-22(31)11-13-23)25-6-4-5-7-26(25)34(19)28(37)21-8-14-24(15-9-21)40-17-16-30(32,33)29(38)39-3/h4-15,19,27H,16-18H2,1-3H3. The molecule has 0 saturated heterocycles. The number of esters is 1. The summed E-state index contributed by atoms with van der Waals surface area (Å²) in [4.78, 5) is 41.1. The maximum absolute atomic E-state index is 13.7. The number of halogens is 3. The van der Waals surface area contributed by atoms with E-state index in [0.717, 1.165) is 12.7 Å². The molecule has 7 nitrogen and oxygen atoms in total. The molecule has 1 aliphatic rings. The Kier molecular flexibility index (Phi) is 8.73. The van der Waals surface area contributed by atoms with Gasteiger partial charge in [-0.15, -0.1) is 0 Å². The lowest BCUT2D eigenvalue weighted by atomic mass is 9.89. The van der Waals surface area contributed by atoms with Gasteiger partial charge in [-0.2, -0.15) is 8.78 Å². The molecule has 1 aliphatic heterocycles. The van der Waals surface area contributed by atoms with Gasteiger partial charge in [0.25, 0.3) is 5.91 Å². The summed E-state index contributed by atoms with van der Waals surface area (Å²) in [7, 11) is 0.896. The minimum absolute atomic E-state index is 0.131. The van der Waals surface area contributed by atoms with Crippen LogP contribution in [0.4, 0.5) is 20.2 Å². The average molecular weight is 571 g/mol. The van der Waals surface area contributed by atoms with Crippen LogP contribution in [0.5, 0.6) is 5.75 Å². The molecule has 0 aromatic heterocycles. The summed E-state index contributed by atoms with van der Waals surface area (Å²) < 4.78 is 36.8. The summed E-state index contributed by atoms with van der Waals surface area (Å²) in [6, 6.07) is 20.2. The molecule has 0 radical (unpaired) electrons. The number of amides is 2. The zero-order valence-corrected chi connectivity index (χ0v) is 23.0. The number of hydrogen-bond donors (Lipinski definition) is 0. The molecule has 40 heavy (non-hydrogen) atoms. The normalized spacial score (nSPS) is 16.6. The number of fused-ring (bicyclic) bond motifs is 1. The monoisotopic (exact) mass is 570 g/mol. The van der Waals surface area contributed by atoms with Crippen molar-refractivity contribution in [3.63, 3.8) is 0 Å². The van der Waals surface area contributed by atoms with E-state index in [0.29, 0.717) is 28.4 Å². The predicted octanol–water partition coefficient (Wildman–Crippen LogP) is 6.45. The number of carbonyl (C=O) groups excluding carboxylic acids is 3. The molecule has 1 heterocycles. The molecule has 2 amide bonds. The van der Waals surface area contributed by atoms with E-state index < -0.39 is 24.9 Å². The van der Waals surface area contributed by atoms with Crippen LogP contribution in [0.3, 0.4) is 0 Å². The number of methoxy groups -OCH3 is 1.